The lowest BCUT2D eigenvalue weighted by atomic mass is 10.1. The number of hydrogen-bond donors (Lipinski definition) is 1. The second-order valence-corrected chi connectivity index (χ2v) is 8.57. The Kier molecular flexibility index (Phi) is 6.19. The van der Waals surface area contributed by atoms with Gasteiger partial charge in [-0.15, -0.1) is 10.2 Å². The van der Waals surface area contributed by atoms with Gasteiger partial charge < -0.3 is 5.32 Å². The normalized spacial score (nSPS) is 12.2. The summed E-state index contributed by atoms with van der Waals surface area (Å²) in [5.74, 6) is 0.762. The molecule has 28 heavy (non-hydrogen) atoms. The second kappa shape index (κ2) is 8.61. The van der Waals surface area contributed by atoms with Gasteiger partial charge in [0.25, 0.3) is 0 Å². The molecule has 0 fully saturated rings. The van der Waals surface area contributed by atoms with Crippen molar-refractivity contribution in [1.82, 2.24) is 20.1 Å². The van der Waals surface area contributed by atoms with E-state index in [9.17, 15) is 4.79 Å². The quantitative estimate of drug-likeness (QED) is 0.623. The molecule has 6 heteroatoms. The fourth-order valence-corrected chi connectivity index (χ4v) is 3.65. The highest BCUT2D eigenvalue weighted by Crippen LogP contribution is 2.30. The second-order valence-electron chi connectivity index (χ2n) is 7.27. The Balaban J connectivity index is 2.01. The molecule has 0 spiro atoms. The summed E-state index contributed by atoms with van der Waals surface area (Å²) in [6.07, 6.45) is 0. The first kappa shape index (κ1) is 20.1. The van der Waals surface area contributed by atoms with Gasteiger partial charge in [0.1, 0.15) is 0 Å². The van der Waals surface area contributed by atoms with Gasteiger partial charge in [-0.3, -0.25) is 9.36 Å². The van der Waals surface area contributed by atoms with Crippen LogP contribution in [0.1, 0.15) is 31.9 Å². The maximum Gasteiger partial charge on any atom is 0.233 e. The van der Waals surface area contributed by atoms with E-state index in [0.717, 1.165) is 17.1 Å². The zero-order valence-corrected chi connectivity index (χ0v) is 17.7. The molecule has 5 nitrogen and oxygen atoms in total. The van der Waals surface area contributed by atoms with Crippen LogP contribution in [0, 0.1) is 13.8 Å². The van der Waals surface area contributed by atoms with Crippen molar-refractivity contribution in [2.75, 3.05) is 0 Å². The molecule has 0 saturated heterocycles. The molecule has 0 aliphatic carbocycles. The average molecular weight is 395 g/mol. The zero-order valence-electron chi connectivity index (χ0n) is 16.9. The minimum atomic E-state index is -0.276. The highest BCUT2D eigenvalue weighted by atomic mass is 32.2. The number of nitrogens with zero attached hydrogens (tertiary/aromatic N) is 3. The van der Waals surface area contributed by atoms with E-state index in [2.05, 4.69) is 65.8 Å². The molecule has 2 aromatic carbocycles. The van der Waals surface area contributed by atoms with E-state index in [0.29, 0.717) is 5.16 Å². The Morgan fingerprint density at radius 1 is 0.929 bits per heavy atom. The number of hydrogen-bond acceptors (Lipinski definition) is 4. The molecule has 0 aliphatic rings. The standard InChI is InChI=1S/C22H26N4OS/c1-14(2)23-21(27)17(5)28-22-25-24-20(18-10-6-15(3)7-11-18)26(22)19-12-8-16(4)9-13-19/h6-14,17H,1-5H3,(H,23,27). The lowest BCUT2D eigenvalue weighted by molar-refractivity contribution is -0.120. The maximum atomic E-state index is 12.4. The van der Waals surface area contributed by atoms with Gasteiger partial charge in [-0.1, -0.05) is 59.3 Å². The first-order valence-electron chi connectivity index (χ1n) is 9.41. The van der Waals surface area contributed by atoms with Crippen molar-refractivity contribution < 1.29 is 4.79 Å². The molecule has 1 amide bonds. The van der Waals surface area contributed by atoms with E-state index in [1.165, 1.54) is 22.9 Å². The van der Waals surface area contributed by atoms with E-state index in [4.69, 9.17) is 0 Å². The predicted octanol–water partition coefficient (Wildman–Crippen LogP) is 4.56. The Morgan fingerprint density at radius 3 is 2.07 bits per heavy atom. The lowest BCUT2D eigenvalue weighted by Crippen LogP contribution is -2.36. The lowest BCUT2D eigenvalue weighted by Gasteiger charge is -2.15. The minimum Gasteiger partial charge on any atom is -0.353 e. The van der Waals surface area contributed by atoms with Gasteiger partial charge in [0, 0.05) is 17.3 Å². The highest BCUT2D eigenvalue weighted by molar-refractivity contribution is 8.00. The summed E-state index contributed by atoms with van der Waals surface area (Å²) in [4.78, 5) is 12.4. The van der Waals surface area contributed by atoms with Crippen molar-refractivity contribution in [2.45, 2.75) is 51.1 Å². The number of carbonyl (C=O) groups is 1. The van der Waals surface area contributed by atoms with Crippen molar-refractivity contribution in [3.63, 3.8) is 0 Å². The third-order valence-corrected chi connectivity index (χ3v) is 5.36. The van der Waals surface area contributed by atoms with E-state index in [1.807, 2.05) is 37.5 Å². The van der Waals surface area contributed by atoms with Crippen molar-refractivity contribution in [3.05, 3.63) is 59.7 Å². The SMILES string of the molecule is Cc1ccc(-c2nnc(SC(C)C(=O)NC(C)C)n2-c2ccc(C)cc2)cc1. The minimum absolute atomic E-state index is 0.00431. The van der Waals surface area contributed by atoms with Crippen molar-refractivity contribution in [3.8, 4) is 17.1 Å². The average Bonchev–Trinajstić information content (AvgIpc) is 3.06. The van der Waals surface area contributed by atoms with Crippen LogP contribution in [0.4, 0.5) is 0 Å². The summed E-state index contributed by atoms with van der Waals surface area (Å²) < 4.78 is 2.02. The summed E-state index contributed by atoms with van der Waals surface area (Å²) in [7, 11) is 0. The van der Waals surface area contributed by atoms with Gasteiger partial charge in [-0.2, -0.15) is 0 Å². The van der Waals surface area contributed by atoms with Crippen LogP contribution < -0.4 is 5.32 Å². The van der Waals surface area contributed by atoms with Crippen molar-refractivity contribution >= 4 is 17.7 Å². The Labute approximate surface area is 170 Å². The van der Waals surface area contributed by atoms with Crippen LogP contribution in [0.15, 0.2) is 53.7 Å². The number of amides is 1. The number of benzene rings is 2. The number of carbonyl (C=O) groups excluding carboxylic acids is 1. The fraction of sp³-hybridized carbons (Fsp3) is 0.318. The van der Waals surface area contributed by atoms with Crippen LogP contribution in [0.3, 0.4) is 0 Å². The summed E-state index contributed by atoms with van der Waals surface area (Å²) in [6, 6.07) is 16.6. The molecule has 0 saturated carbocycles. The van der Waals surface area contributed by atoms with E-state index in [1.54, 1.807) is 0 Å². The maximum absolute atomic E-state index is 12.4. The monoisotopic (exact) mass is 394 g/mol. The van der Waals surface area contributed by atoms with Gasteiger partial charge in [-0.05, 0) is 46.8 Å². The Morgan fingerprint density at radius 2 is 1.50 bits per heavy atom. The molecule has 1 aromatic heterocycles. The molecule has 3 aromatic rings. The van der Waals surface area contributed by atoms with Gasteiger partial charge >= 0.3 is 0 Å². The number of nitrogens with one attached hydrogen (secondary N) is 1. The molecule has 0 bridgehead atoms. The van der Waals surface area contributed by atoms with Crippen LogP contribution in [0.25, 0.3) is 17.1 Å². The predicted molar refractivity (Wildman–Crippen MR) is 115 cm³/mol. The molecule has 0 radical (unpaired) electrons. The summed E-state index contributed by atoms with van der Waals surface area (Å²) >= 11 is 1.42. The number of thioether (sulfide) groups is 1. The van der Waals surface area contributed by atoms with Crippen LogP contribution >= 0.6 is 11.8 Å². The molecular formula is C22H26N4OS. The molecule has 3 rings (SSSR count). The molecule has 1 N–H and O–H groups in total. The third-order valence-electron chi connectivity index (χ3n) is 4.32. The highest BCUT2D eigenvalue weighted by Gasteiger charge is 2.22. The van der Waals surface area contributed by atoms with Gasteiger partial charge in [0.05, 0.1) is 5.25 Å². The van der Waals surface area contributed by atoms with Gasteiger partial charge in [0.2, 0.25) is 5.91 Å². The Bertz CT molecular complexity index is 946. The first-order valence-corrected chi connectivity index (χ1v) is 10.3. The van der Waals surface area contributed by atoms with Crippen LogP contribution in [-0.2, 0) is 4.79 Å². The molecule has 1 heterocycles. The summed E-state index contributed by atoms with van der Waals surface area (Å²) in [5, 5.41) is 12.2. The van der Waals surface area contributed by atoms with Gasteiger partial charge in [-0.25, -0.2) is 0 Å². The summed E-state index contributed by atoms with van der Waals surface area (Å²) in [6.45, 7) is 9.93. The van der Waals surface area contributed by atoms with Crippen molar-refractivity contribution in [2.24, 2.45) is 0 Å². The van der Waals surface area contributed by atoms with Crippen LogP contribution in [0.2, 0.25) is 0 Å². The van der Waals surface area contributed by atoms with E-state index >= 15 is 0 Å². The number of aryl methyl sites for hydroxylation is 2. The Hall–Kier alpha value is -2.60. The zero-order chi connectivity index (χ0) is 20.3. The summed E-state index contributed by atoms with van der Waals surface area (Å²) in [5.41, 5.74) is 4.35. The fourth-order valence-electron chi connectivity index (χ4n) is 2.78. The van der Waals surface area contributed by atoms with Crippen LogP contribution in [-0.4, -0.2) is 32.0 Å². The first-order chi connectivity index (χ1) is 13.3. The molecule has 1 unspecified atom stereocenters. The largest absolute Gasteiger partial charge is 0.353 e. The van der Waals surface area contributed by atoms with E-state index < -0.39 is 0 Å². The molecule has 0 aliphatic heterocycles. The van der Waals surface area contributed by atoms with E-state index in [-0.39, 0.29) is 17.2 Å². The number of rotatable bonds is 6. The van der Waals surface area contributed by atoms with Crippen molar-refractivity contribution in [1.29, 1.82) is 0 Å². The molecule has 146 valence electrons. The van der Waals surface area contributed by atoms with Crippen LogP contribution in [0.5, 0.6) is 0 Å². The number of aromatic nitrogens is 3. The topological polar surface area (TPSA) is 59.8 Å². The smallest absolute Gasteiger partial charge is 0.233 e. The molecule has 1 atom stereocenters. The molecular weight excluding hydrogens is 368 g/mol. The van der Waals surface area contributed by atoms with Gasteiger partial charge in [0.15, 0.2) is 11.0 Å². The third kappa shape index (κ3) is 4.62.